The van der Waals surface area contributed by atoms with Gasteiger partial charge in [0.05, 0.1) is 0 Å². The van der Waals surface area contributed by atoms with Crippen molar-refractivity contribution in [1.82, 2.24) is 4.90 Å². The standard InChI is InChI=1S/C10H15NO/c1-10(2,3)9(12)11-7-5-4-6-8-11/h4-7H,8H2,1-3H3. The molecule has 0 aromatic heterocycles. The third-order valence-electron chi connectivity index (χ3n) is 1.72. The van der Waals surface area contributed by atoms with E-state index >= 15 is 0 Å². The summed E-state index contributed by atoms with van der Waals surface area (Å²) in [6.07, 6.45) is 7.64. The van der Waals surface area contributed by atoms with E-state index in [4.69, 9.17) is 0 Å². The molecule has 0 bridgehead atoms. The minimum atomic E-state index is -0.282. The van der Waals surface area contributed by atoms with Crippen LogP contribution in [0, 0.1) is 5.41 Å². The van der Waals surface area contributed by atoms with Crippen molar-refractivity contribution >= 4 is 5.91 Å². The highest BCUT2D eigenvalue weighted by molar-refractivity contribution is 5.82. The molecule has 1 aliphatic heterocycles. The molecule has 0 radical (unpaired) electrons. The maximum absolute atomic E-state index is 11.7. The highest BCUT2D eigenvalue weighted by atomic mass is 16.2. The molecule has 0 atom stereocenters. The molecule has 66 valence electrons. The molecule has 2 heteroatoms. The SMILES string of the molecule is CC(C)(C)C(=O)N1C=CC=CC1. The minimum Gasteiger partial charge on any atom is -0.315 e. The van der Waals surface area contributed by atoms with Crippen LogP contribution in [0.25, 0.3) is 0 Å². The van der Waals surface area contributed by atoms with Crippen molar-refractivity contribution in [2.24, 2.45) is 5.41 Å². The third kappa shape index (κ3) is 1.97. The molecule has 1 amide bonds. The lowest BCUT2D eigenvalue weighted by Crippen LogP contribution is -2.36. The van der Waals surface area contributed by atoms with Crippen molar-refractivity contribution in [1.29, 1.82) is 0 Å². The predicted octanol–water partition coefficient (Wildman–Crippen LogP) is 1.94. The minimum absolute atomic E-state index is 0.170. The highest BCUT2D eigenvalue weighted by Gasteiger charge is 2.25. The van der Waals surface area contributed by atoms with Crippen molar-refractivity contribution in [2.45, 2.75) is 20.8 Å². The molecule has 0 saturated heterocycles. The van der Waals surface area contributed by atoms with Crippen LogP contribution in [-0.4, -0.2) is 17.4 Å². The third-order valence-corrected chi connectivity index (χ3v) is 1.72. The van der Waals surface area contributed by atoms with E-state index in [-0.39, 0.29) is 11.3 Å². The first-order valence-electron chi connectivity index (χ1n) is 4.16. The van der Waals surface area contributed by atoms with Gasteiger partial charge in [-0.15, -0.1) is 0 Å². The van der Waals surface area contributed by atoms with Gasteiger partial charge >= 0.3 is 0 Å². The summed E-state index contributed by atoms with van der Waals surface area (Å²) in [5.74, 6) is 0.170. The zero-order valence-corrected chi connectivity index (χ0v) is 7.87. The summed E-state index contributed by atoms with van der Waals surface area (Å²) in [7, 11) is 0. The summed E-state index contributed by atoms with van der Waals surface area (Å²) in [5.41, 5.74) is -0.282. The Bertz CT molecular complexity index is 233. The van der Waals surface area contributed by atoms with E-state index in [1.807, 2.05) is 45.2 Å². The van der Waals surface area contributed by atoms with Crippen molar-refractivity contribution in [3.8, 4) is 0 Å². The van der Waals surface area contributed by atoms with E-state index in [2.05, 4.69) is 0 Å². The van der Waals surface area contributed by atoms with Crippen LogP contribution in [0.1, 0.15) is 20.8 Å². The fraction of sp³-hybridized carbons (Fsp3) is 0.500. The molecule has 0 fully saturated rings. The average Bonchev–Trinajstić information content (AvgIpc) is 2.03. The molecule has 0 aliphatic carbocycles. The first kappa shape index (κ1) is 9.04. The Balaban J connectivity index is 2.66. The monoisotopic (exact) mass is 165 g/mol. The molecular formula is C10H15NO. The van der Waals surface area contributed by atoms with Gasteiger partial charge in [0, 0.05) is 18.2 Å². The Labute approximate surface area is 73.6 Å². The molecule has 0 aromatic rings. The number of amides is 1. The summed E-state index contributed by atoms with van der Waals surface area (Å²) in [6.45, 7) is 6.50. The molecule has 0 N–H and O–H groups in total. The summed E-state index contributed by atoms with van der Waals surface area (Å²) in [4.78, 5) is 13.4. The quantitative estimate of drug-likeness (QED) is 0.537. The van der Waals surface area contributed by atoms with E-state index in [9.17, 15) is 4.79 Å². The second-order valence-electron chi connectivity index (χ2n) is 3.98. The molecule has 0 spiro atoms. The number of nitrogens with zero attached hydrogens (tertiary/aromatic N) is 1. The van der Waals surface area contributed by atoms with Gasteiger partial charge in [0.2, 0.25) is 5.91 Å². The zero-order chi connectivity index (χ0) is 9.19. The lowest BCUT2D eigenvalue weighted by Gasteiger charge is -2.26. The number of carbonyl (C=O) groups excluding carboxylic acids is 1. The molecule has 0 saturated carbocycles. The summed E-state index contributed by atoms with van der Waals surface area (Å²) >= 11 is 0. The van der Waals surface area contributed by atoms with Crippen molar-refractivity contribution in [3.05, 3.63) is 24.4 Å². The average molecular weight is 165 g/mol. The maximum Gasteiger partial charge on any atom is 0.232 e. The Kier molecular flexibility index (Phi) is 2.36. The van der Waals surface area contributed by atoms with Gasteiger partial charge in [-0.1, -0.05) is 32.9 Å². The number of carbonyl (C=O) groups is 1. The maximum atomic E-state index is 11.7. The lowest BCUT2D eigenvalue weighted by molar-refractivity contribution is -0.136. The van der Waals surface area contributed by atoms with Gasteiger partial charge in [-0.25, -0.2) is 0 Å². The summed E-state index contributed by atoms with van der Waals surface area (Å²) in [6, 6.07) is 0. The number of hydrogen-bond donors (Lipinski definition) is 0. The van der Waals surface area contributed by atoms with Crippen molar-refractivity contribution in [3.63, 3.8) is 0 Å². The first-order chi connectivity index (χ1) is 5.52. The Morgan fingerprint density at radius 1 is 1.33 bits per heavy atom. The van der Waals surface area contributed by atoms with Gasteiger partial charge in [0.1, 0.15) is 0 Å². The molecular weight excluding hydrogens is 150 g/mol. The van der Waals surface area contributed by atoms with Gasteiger partial charge in [-0.2, -0.15) is 0 Å². The van der Waals surface area contributed by atoms with E-state index in [1.165, 1.54) is 0 Å². The summed E-state index contributed by atoms with van der Waals surface area (Å²) < 4.78 is 0. The molecule has 1 aliphatic rings. The molecule has 0 unspecified atom stereocenters. The van der Waals surface area contributed by atoms with Gasteiger partial charge < -0.3 is 4.90 Å². The molecule has 2 nitrogen and oxygen atoms in total. The fourth-order valence-corrected chi connectivity index (χ4v) is 1.05. The predicted molar refractivity (Wildman–Crippen MR) is 49.4 cm³/mol. The van der Waals surface area contributed by atoms with Crippen LogP contribution >= 0.6 is 0 Å². The van der Waals surface area contributed by atoms with Crippen LogP contribution in [-0.2, 0) is 4.79 Å². The van der Waals surface area contributed by atoms with Crippen molar-refractivity contribution in [2.75, 3.05) is 6.54 Å². The van der Waals surface area contributed by atoms with E-state index in [0.29, 0.717) is 6.54 Å². The van der Waals surface area contributed by atoms with Gasteiger partial charge in [0.25, 0.3) is 0 Å². The second kappa shape index (κ2) is 3.13. The van der Waals surface area contributed by atoms with Gasteiger partial charge in [0.15, 0.2) is 0 Å². The van der Waals surface area contributed by atoms with E-state index < -0.39 is 0 Å². The van der Waals surface area contributed by atoms with Crippen LogP contribution in [0.3, 0.4) is 0 Å². The number of rotatable bonds is 0. The number of hydrogen-bond acceptors (Lipinski definition) is 1. The highest BCUT2D eigenvalue weighted by Crippen LogP contribution is 2.18. The molecule has 1 rings (SSSR count). The second-order valence-corrected chi connectivity index (χ2v) is 3.98. The number of allylic oxidation sites excluding steroid dienone is 2. The van der Waals surface area contributed by atoms with Gasteiger partial charge in [-0.05, 0) is 6.08 Å². The van der Waals surface area contributed by atoms with Crippen LogP contribution in [0.5, 0.6) is 0 Å². The lowest BCUT2D eigenvalue weighted by atomic mass is 9.94. The fourth-order valence-electron chi connectivity index (χ4n) is 1.05. The largest absolute Gasteiger partial charge is 0.315 e. The van der Waals surface area contributed by atoms with Crippen LogP contribution < -0.4 is 0 Å². The Morgan fingerprint density at radius 3 is 2.42 bits per heavy atom. The zero-order valence-electron chi connectivity index (χ0n) is 7.87. The Hall–Kier alpha value is -1.05. The molecule has 12 heavy (non-hydrogen) atoms. The molecule has 1 heterocycles. The topological polar surface area (TPSA) is 20.3 Å². The summed E-state index contributed by atoms with van der Waals surface area (Å²) in [5, 5.41) is 0. The van der Waals surface area contributed by atoms with Crippen molar-refractivity contribution < 1.29 is 4.79 Å². The van der Waals surface area contributed by atoms with E-state index in [0.717, 1.165) is 0 Å². The van der Waals surface area contributed by atoms with Crippen LogP contribution in [0.4, 0.5) is 0 Å². The van der Waals surface area contributed by atoms with E-state index in [1.54, 1.807) is 4.90 Å². The smallest absolute Gasteiger partial charge is 0.232 e. The Morgan fingerprint density at radius 2 is 2.00 bits per heavy atom. The van der Waals surface area contributed by atoms with Gasteiger partial charge in [-0.3, -0.25) is 4.79 Å². The normalized spacial score (nSPS) is 16.8. The van der Waals surface area contributed by atoms with Crippen LogP contribution in [0.15, 0.2) is 24.4 Å². The first-order valence-corrected chi connectivity index (χ1v) is 4.16. The van der Waals surface area contributed by atoms with Crippen LogP contribution in [0.2, 0.25) is 0 Å². The molecule has 0 aromatic carbocycles.